The molecule has 0 aromatic heterocycles. The van der Waals surface area contributed by atoms with Gasteiger partial charge in [-0.05, 0) is 31.0 Å². The molecule has 1 atom stereocenters. The predicted octanol–water partition coefficient (Wildman–Crippen LogP) is 1.51. The Kier molecular flexibility index (Phi) is 3.75. The summed E-state index contributed by atoms with van der Waals surface area (Å²) in [6, 6.07) is 3.49. The van der Waals surface area contributed by atoms with E-state index in [1.807, 2.05) is 0 Å². The molecular formula is C12H14FNO4S. The van der Waals surface area contributed by atoms with Gasteiger partial charge in [0.1, 0.15) is 5.82 Å². The Labute approximate surface area is 110 Å². The number of carbonyl (C=O) groups is 1. The summed E-state index contributed by atoms with van der Waals surface area (Å²) in [4.78, 5) is 10.7. The van der Waals surface area contributed by atoms with Crippen molar-refractivity contribution < 1.29 is 22.7 Å². The van der Waals surface area contributed by atoms with Crippen LogP contribution in [0.4, 0.5) is 10.1 Å². The summed E-state index contributed by atoms with van der Waals surface area (Å²) in [5.74, 6) is -1.72. The summed E-state index contributed by atoms with van der Waals surface area (Å²) in [7, 11) is -3.07. The molecule has 1 unspecified atom stereocenters. The number of carboxylic acids is 1. The minimum absolute atomic E-state index is 0.118. The summed E-state index contributed by atoms with van der Waals surface area (Å²) in [6.07, 6.45) is 1.21. The first-order valence-corrected chi connectivity index (χ1v) is 7.60. The number of halogens is 1. The van der Waals surface area contributed by atoms with Gasteiger partial charge in [0.15, 0.2) is 9.84 Å². The number of sulfone groups is 1. The van der Waals surface area contributed by atoms with E-state index in [0.29, 0.717) is 12.8 Å². The van der Waals surface area contributed by atoms with Gasteiger partial charge in [0, 0.05) is 6.54 Å². The van der Waals surface area contributed by atoms with Crippen LogP contribution < -0.4 is 5.32 Å². The number of benzene rings is 1. The van der Waals surface area contributed by atoms with Crippen molar-refractivity contribution in [3.8, 4) is 0 Å². The van der Waals surface area contributed by atoms with E-state index in [1.165, 1.54) is 12.1 Å². The molecule has 0 aliphatic carbocycles. The minimum atomic E-state index is -3.07. The molecule has 2 N–H and O–H groups in total. The fraction of sp³-hybridized carbons (Fsp3) is 0.417. The Morgan fingerprint density at radius 2 is 2.21 bits per heavy atom. The third-order valence-corrected chi connectivity index (χ3v) is 5.47. The molecule has 1 aromatic rings. The van der Waals surface area contributed by atoms with Crippen molar-refractivity contribution in [2.45, 2.75) is 18.1 Å². The van der Waals surface area contributed by atoms with Crippen LogP contribution >= 0.6 is 0 Å². The molecule has 1 aliphatic heterocycles. The van der Waals surface area contributed by atoms with Gasteiger partial charge in [-0.1, -0.05) is 0 Å². The standard InChI is InChI=1S/C12H14FNO4S/c13-10-6-8(12(15)16)3-4-11(10)14-7-9-2-1-5-19(9,17)18/h3-4,6,9,14H,1-2,5,7H2,(H,15,16). The smallest absolute Gasteiger partial charge is 0.335 e. The van der Waals surface area contributed by atoms with E-state index in [0.717, 1.165) is 6.07 Å². The molecule has 104 valence electrons. The fourth-order valence-electron chi connectivity index (χ4n) is 2.10. The number of nitrogens with one attached hydrogen (secondary N) is 1. The molecule has 19 heavy (non-hydrogen) atoms. The number of anilines is 1. The lowest BCUT2D eigenvalue weighted by molar-refractivity contribution is 0.0696. The predicted molar refractivity (Wildman–Crippen MR) is 68.7 cm³/mol. The second-order valence-electron chi connectivity index (χ2n) is 4.51. The largest absolute Gasteiger partial charge is 0.478 e. The van der Waals surface area contributed by atoms with Gasteiger partial charge >= 0.3 is 5.97 Å². The average Bonchev–Trinajstić information content (AvgIpc) is 2.66. The SMILES string of the molecule is O=C(O)c1ccc(NCC2CCCS2(=O)=O)c(F)c1. The van der Waals surface area contributed by atoms with Crippen molar-refractivity contribution >= 4 is 21.5 Å². The average molecular weight is 287 g/mol. The van der Waals surface area contributed by atoms with Crippen LogP contribution in [0.15, 0.2) is 18.2 Å². The first kappa shape index (κ1) is 13.8. The van der Waals surface area contributed by atoms with Gasteiger partial charge in [-0.25, -0.2) is 17.6 Å². The molecule has 1 fully saturated rings. The maximum absolute atomic E-state index is 13.6. The van der Waals surface area contributed by atoms with E-state index in [9.17, 15) is 17.6 Å². The van der Waals surface area contributed by atoms with Gasteiger partial charge in [0.25, 0.3) is 0 Å². The molecule has 1 heterocycles. The first-order valence-electron chi connectivity index (χ1n) is 5.88. The summed E-state index contributed by atoms with van der Waals surface area (Å²) < 4.78 is 36.8. The van der Waals surface area contributed by atoms with Crippen molar-refractivity contribution in [3.63, 3.8) is 0 Å². The molecular weight excluding hydrogens is 273 g/mol. The molecule has 0 saturated carbocycles. The van der Waals surface area contributed by atoms with Gasteiger partial charge in [0.05, 0.1) is 22.3 Å². The number of hydrogen-bond acceptors (Lipinski definition) is 4. The molecule has 5 nitrogen and oxygen atoms in total. The van der Waals surface area contributed by atoms with Crippen molar-refractivity contribution in [2.75, 3.05) is 17.6 Å². The zero-order chi connectivity index (χ0) is 14.0. The van der Waals surface area contributed by atoms with E-state index >= 15 is 0 Å². The van der Waals surface area contributed by atoms with E-state index in [-0.39, 0.29) is 23.5 Å². The van der Waals surface area contributed by atoms with Crippen LogP contribution in [-0.4, -0.2) is 37.0 Å². The maximum Gasteiger partial charge on any atom is 0.335 e. The van der Waals surface area contributed by atoms with E-state index in [1.54, 1.807) is 0 Å². The summed E-state index contributed by atoms with van der Waals surface area (Å²) >= 11 is 0. The van der Waals surface area contributed by atoms with Crippen LogP contribution in [0.2, 0.25) is 0 Å². The molecule has 1 aliphatic rings. The maximum atomic E-state index is 13.6. The highest BCUT2D eigenvalue weighted by atomic mass is 32.2. The van der Waals surface area contributed by atoms with Gasteiger partial charge in [-0.2, -0.15) is 0 Å². The highest BCUT2D eigenvalue weighted by Crippen LogP contribution is 2.22. The van der Waals surface area contributed by atoms with Crippen molar-refractivity contribution in [1.82, 2.24) is 0 Å². The zero-order valence-electron chi connectivity index (χ0n) is 10.1. The lowest BCUT2D eigenvalue weighted by atomic mass is 10.2. The molecule has 2 rings (SSSR count). The Balaban J connectivity index is 2.06. The Morgan fingerprint density at radius 3 is 2.74 bits per heavy atom. The van der Waals surface area contributed by atoms with E-state index < -0.39 is 26.9 Å². The molecule has 0 spiro atoms. The third-order valence-electron chi connectivity index (χ3n) is 3.20. The van der Waals surface area contributed by atoms with Crippen LogP contribution in [-0.2, 0) is 9.84 Å². The van der Waals surface area contributed by atoms with Crippen LogP contribution in [0.25, 0.3) is 0 Å². The fourth-order valence-corrected chi connectivity index (χ4v) is 3.87. The number of rotatable bonds is 4. The number of aromatic carboxylic acids is 1. The van der Waals surface area contributed by atoms with Gasteiger partial charge in [0.2, 0.25) is 0 Å². The Bertz CT molecular complexity index is 600. The van der Waals surface area contributed by atoms with Crippen molar-refractivity contribution in [2.24, 2.45) is 0 Å². The van der Waals surface area contributed by atoms with E-state index in [4.69, 9.17) is 5.11 Å². The summed E-state index contributed by atoms with van der Waals surface area (Å²) in [6.45, 7) is 0.145. The second-order valence-corrected chi connectivity index (χ2v) is 6.91. The highest BCUT2D eigenvalue weighted by molar-refractivity contribution is 7.92. The van der Waals surface area contributed by atoms with Gasteiger partial charge in [-0.3, -0.25) is 0 Å². The zero-order valence-corrected chi connectivity index (χ0v) is 10.9. The normalized spacial score (nSPS) is 21.2. The topological polar surface area (TPSA) is 83.5 Å². The van der Waals surface area contributed by atoms with E-state index in [2.05, 4.69) is 5.32 Å². The molecule has 1 saturated heterocycles. The first-order chi connectivity index (χ1) is 8.90. The molecule has 7 heteroatoms. The van der Waals surface area contributed by atoms with Crippen LogP contribution in [0.5, 0.6) is 0 Å². The Hall–Kier alpha value is -1.63. The second kappa shape index (κ2) is 5.16. The molecule has 0 amide bonds. The van der Waals surface area contributed by atoms with Crippen LogP contribution in [0.1, 0.15) is 23.2 Å². The quantitative estimate of drug-likeness (QED) is 0.877. The monoisotopic (exact) mass is 287 g/mol. The summed E-state index contributed by atoms with van der Waals surface area (Å²) in [5.41, 5.74) is -0.0244. The molecule has 0 bridgehead atoms. The summed E-state index contributed by atoms with van der Waals surface area (Å²) in [5, 5.41) is 10.9. The Morgan fingerprint density at radius 1 is 1.47 bits per heavy atom. The van der Waals surface area contributed by atoms with Gasteiger partial charge < -0.3 is 10.4 Å². The van der Waals surface area contributed by atoms with Crippen molar-refractivity contribution in [3.05, 3.63) is 29.6 Å². The highest BCUT2D eigenvalue weighted by Gasteiger charge is 2.30. The lowest BCUT2D eigenvalue weighted by Crippen LogP contribution is -2.25. The molecule has 0 radical (unpaired) electrons. The van der Waals surface area contributed by atoms with Gasteiger partial charge in [-0.15, -0.1) is 0 Å². The van der Waals surface area contributed by atoms with Crippen LogP contribution in [0, 0.1) is 5.82 Å². The third kappa shape index (κ3) is 3.04. The lowest BCUT2D eigenvalue weighted by Gasteiger charge is -2.12. The number of carboxylic acid groups (broad SMARTS) is 1. The minimum Gasteiger partial charge on any atom is -0.478 e. The number of hydrogen-bond donors (Lipinski definition) is 2. The molecule has 1 aromatic carbocycles. The van der Waals surface area contributed by atoms with Crippen molar-refractivity contribution in [1.29, 1.82) is 0 Å². The van der Waals surface area contributed by atoms with Crippen LogP contribution in [0.3, 0.4) is 0 Å².